The van der Waals surface area contributed by atoms with Crippen molar-refractivity contribution in [3.8, 4) is 0 Å². The normalized spacial score (nSPS) is 20.4. The summed E-state index contributed by atoms with van der Waals surface area (Å²) in [5, 5.41) is 0. The van der Waals surface area contributed by atoms with E-state index in [0.717, 1.165) is 0 Å². The van der Waals surface area contributed by atoms with E-state index in [1.54, 1.807) is 11.1 Å². The van der Waals surface area contributed by atoms with Crippen molar-refractivity contribution in [3.63, 3.8) is 0 Å². The van der Waals surface area contributed by atoms with E-state index in [1.807, 2.05) is 7.18 Å². The van der Waals surface area contributed by atoms with Crippen molar-refractivity contribution in [2.75, 3.05) is 0 Å². The number of hydrogen-bond donors (Lipinski definition) is 0. The van der Waals surface area contributed by atoms with E-state index in [4.69, 9.17) is 0 Å². The minimum absolute atomic E-state index is 1.26. The first-order chi connectivity index (χ1) is 7.04. The Hall–Kier alpha value is 0.279. The predicted octanol–water partition coefficient (Wildman–Crippen LogP) is 5.02. The molecule has 0 amide bonds. The first-order valence-corrected chi connectivity index (χ1v) is 15.1. The molecule has 0 bridgehead atoms. The Morgan fingerprint density at radius 3 is 1.20 bits per heavy atom. The molecule has 0 aromatic heterocycles. The van der Waals surface area contributed by atoms with Crippen molar-refractivity contribution in [2.24, 2.45) is 0 Å². The van der Waals surface area contributed by atoms with Crippen molar-refractivity contribution >= 4 is 18.4 Å². The van der Waals surface area contributed by atoms with Gasteiger partial charge in [-0.1, -0.05) is 0 Å². The van der Waals surface area contributed by atoms with Gasteiger partial charge in [-0.3, -0.25) is 0 Å². The zero-order valence-corrected chi connectivity index (χ0v) is 14.2. The van der Waals surface area contributed by atoms with Crippen molar-refractivity contribution in [3.05, 3.63) is 18.3 Å². The summed E-state index contributed by atoms with van der Waals surface area (Å²) in [6, 6.07) is 0. The second-order valence-electron chi connectivity index (χ2n) is 4.95. The zero-order valence-electron chi connectivity index (χ0n) is 11.3. The van der Waals surface area contributed by atoms with Crippen LogP contribution in [0.4, 0.5) is 0 Å². The van der Waals surface area contributed by atoms with Crippen LogP contribution in [0, 0.1) is 0 Å². The Balaban J connectivity index is 3.31. The number of hydrogen-bond acceptors (Lipinski definition) is 0. The maximum atomic E-state index is 2.62. The molecule has 0 saturated carbocycles. The van der Waals surface area contributed by atoms with Gasteiger partial charge >= 0.3 is 100.0 Å². The Kier molecular flexibility index (Phi) is 4.51. The van der Waals surface area contributed by atoms with E-state index in [0.29, 0.717) is 0 Å². The van der Waals surface area contributed by atoms with Crippen LogP contribution in [0.25, 0.3) is 0 Å². The molecule has 1 heterocycles. The molecule has 0 aromatic carbocycles. The molecule has 0 spiro atoms. The first-order valence-electron chi connectivity index (χ1n) is 6.49. The van der Waals surface area contributed by atoms with Gasteiger partial charge in [-0.2, -0.15) is 0 Å². The first kappa shape index (κ1) is 13.3. The summed E-state index contributed by atoms with van der Waals surface area (Å²) in [5.41, 5.74) is 3.52. The van der Waals surface area contributed by atoms with Gasteiger partial charge in [-0.05, 0) is 0 Å². The molecule has 0 aromatic rings. The molecule has 0 aliphatic carbocycles. The molecule has 86 valence electrons. The minimum atomic E-state index is -2.00. The molecule has 0 radical (unpaired) electrons. The molecular weight excluding hydrogens is 287 g/mol. The van der Waals surface area contributed by atoms with Gasteiger partial charge in [-0.15, -0.1) is 0 Å². The summed E-state index contributed by atoms with van der Waals surface area (Å²) < 4.78 is 3.81. The molecular formula is C14H26Sn. The summed E-state index contributed by atoms with van der Waals surface area (Å²) in [5.74, 6) is 0. The van der Waals surface area contributed by atoms with Gasteiger partial charge in [0, 0.05) is 0 Å². The summed E-state index contributed by atoms with van der Waals surface area (Å²) in [7, 11) is 0. The van der Waals surface area contributed by atoms with E-state index < -0.39 is 18.4 Å². The fourth-order valence-electron chi connectivity index (χ4n) is 3.47. The fraction of sp³-hybridized carbons (Fsp3) is 0.714. The Labute approximate surface area is 99.7 Å². The van der Waals surface area contributed by atoms with Crippen LogP contribution >= 0.6 is 0 Å². The van der Waals surface area contributed by atoms with E-state index >= 15 is 0 Å². The maximum absolute atomic E-state index is 2.62. The Morgan fingerprint density at radius 2 is 1.00 bits per heavy atom. The predicted molar refractivity (Wildman–Crippen MR) is 72.7 cm³/mol. The molecule has 1 rings (SSSR count). The second kappa shape index (κ2) is 5.07. The van der Waals surface area contributed by atoms with Gasteiger partial charge in [0.15, 0.2) is 0 Å². The van der Waals surface area contributed by atoms with E-state index in [9.17, 15) is 0 Å². The summed E-state index contributed by atoms with van der Waals surface area (Å²) >= 11 is -2.00. The molecule has 0 saturated heterocycles. The van der Waals surface area contributed by atoms with Crippen molar-refractivity contribution < 1.29 is 0 Å². The molecule has 0 unspecified atom stereocenters. The molecule has 1 aliphatic rings. The summed E-state index contributed by atoms with van der Waals surface area (Å²) in [6.07, 6.45) is 5.13. The van der Waals surface area contributed by atoms with Crippen LogP contribution in [0.15, 0.2) is 18.3 Å². The quantitative estimate of drug-likeness (QED) is 0.639. The summed E-state index contributed by atoms with van der Waals surface area (Å²) in [6.45, 7) is 9.38. The Morgan fingerprint density at radius 1 is 0.667 bits per heavy atom. The van der Waals surface area contributed by atoms with Crippen LogP contribution in [0.3, 0.4) is 0 Å². The van der Waals surface area contributed by atoms with Crippen molar-refractivity contribution in [1.29, 1.82) is 0 Å². The molecule has 1 aliphatic heterocycles. The average Bonchev–Trinajstić information content (AvgIpc) is 2.43. The zero-order chi connectivity index (χ0) is 11.6. The topological polar surface area (TPSA) is 0 Å². The number of allylic oxidation sites excluding steroid dienone is 4. The van der Waals surface area contributed by atoms with Gasteiger partial charge in [0.25, 0.3) is 0 Å². The second-order valence-corrected chi connectivity index (χ2v) is 17.7. The van der Waals surface area contributed by atoms with Gasteiger partial charge in [0.05, 0.1) is 0 Å². The Bertz CT molecular complexity index is 275. The van der Waals surface area contributed by atoms with Crippen molar-refractivity contribution in [2.45, 2.75) is 63.3 Å². The third-order valence-corrected chi connectivity index (χ3v) is 16.4. The third kappa shape index (κ3) is 2.07. The monoisotopic (exact) mass is 314 g/mol. The van der Waals surface area contributed by atoms with Crippen LogP contribution in [-0.2, 0) is 0 Å². The van der Waals surface area contributed by atoms with Gasteiger partial charge in [0.1, 0.15) is 0 Å². The molecule has 0 N–H and O–H groups in total. The van der Waals surface area contributed by atoms with Crippen LogP contribution in [0.2, 0.25) is 9.88 Å². The van der Waals surface area contributed by atoms with Crippen LogP contribution in [0.5, 0.6) is 0 Å². The molecule has 15 heavy (non-hydrogen) atoms. The molecule has 0 atom stereocenters. The number of rotatable bonds is 4. The van der Waals surface area contributed by atoms with Crippen LogP contribution in [-0.4, -0.2) is 18.4 Å². The van der Waals surface area contributed by atoms with E-state index in [1.165, 1.54) is 25.7 Å². The standard InChI is InChI=1S/C12H20.2CH3.Sn/c1-5-9-11(7-3)12(8-4)10-6-2;;;/h5-8H2,1-4H3;2*1H3;. The van der Waals surface area contributed by atoms with Gasteiger partial charge in [-0.25, -0.2) is 0 Å². The van der Waals surface area contributed by atoms with Gasteiger partial charge in [0.2, 0.25) is 0 Å². The molecule has 0 nitrogen and oxygen atoms in total. The third-order valence-electron chi connectivity index (χ3n) is 4.02. The van der Waals surface area contributed by atoms with Gasteiger partial charge < -0.3 is 0 Å². The molecule has 0 fully saturated rings. The van der Waals surface area contributed by atoms with Crippen LogP contribution in [0.1, 0.15) is 53.4 Å². The van der Waals surface area contributed by atoms with E-state index in [2.05, 4.69) is 37.6 Å². The van der Waals surface area contributed by atoms with Crippen LogP contribution < -0.4 is 0 Å². The average molecular weight is 313 g/mol. The molecule has 1 heteroatoms. The summed E-state index contributed by atoms with van der Waals surface area (Å²) in [4.78, 5) is 5.23. The fourth-order valence-corrected chi connectivity index (χ4v) is 15.7. The van der Waals surface area contributed by atoms with Crippen molar-refractivity contribution in [1.82, 2.24) is 0 Å². The van der Waals surface area contributed by atoms with E-state index in [-0.39, 0.29) is 0 Å². The SMILES string of the molecule is CCC1=[C](CC)[Sn]([CH3])([CH3])[C](CC)=C1CC.